The first kappa shape index (κ1) is 16.4. The second-order valence-corrected chi connectivity index (χ2v) is 6.29. The van der Waals surface area contributed by atoms with E-state index in [9.17, 15) is 4.79 Å². The molecule has 0 unspecified atom stereocenters. The first-order valence-electron chi connectivity index (χ1n) is 7.45. The summed E-state index contributed by atoms with van der Waals surface area (Å²) in [5.74, 6) is 2.39. The fourth-order valence-corrected chi connectivity index (χ4v) is 3.04. The van der Waals surface area contributed by atoms with Gasteiger partial charge in [-0.15, -0.1) is 10.2 Å². The van der Waals surface area contributed by atoms with E-state index in [2.05, 4.69) is 15.5 Å². The van der Waals surface area contributed by atoms with E-state index < -0.39 is 0 Å². The maximum Gasteiger partial charge on any atom is 0.231 e. The Morgan fingerprint density at radius 1 is 1.33 bits per heavy atom. The van der Waals surface area contributed by atoms with Gasteiger partial charge in [0.1, 0.15) is 11.5 Å². The third-order valence-electron chi connectivity index (χ3n) is 3.61. The number of furan rings is 2. The molecular formula is C16H18N4O3S. The standard InChI is InChI=1S/C16H18N4O3S/c1-10(13-5-4-7-23-13)17-14(21)9-24-16-19-18-15(20(16)3)12-6-8-22-11(12)2/h4-8,10H,9H2,1-3H3,(H,17,21)/t10-/m1/s1. The molecule has 0 aromatic carbocycles. The average molecular weight is 346 g/mol. The van der Waals surface area contributed by atoms with Crippen LogP contribution in [0.25, 0.3) is 11.4 Å². The van der Waals surface area contributed by atoms with Gasteiger partial charge in [0.2, 0.25) is 5.91 Å². The molecule has 0 spiro atoms. The van der Waals surface area contributed by atoms with Crippen molar-refractivity contribution >= 4 is 17.7 Å². The van der Waals surface area contributed by atoms with Crippen LogP contribution in [0.1, 0.15) is 24.5 Å². The van der Waals surface area contributed by atoms with Crippen LogP contribution in [-0.2, 0) is 11.8 Å². The van der Waals surface area contributed by atoms with Gasteiger partial charge >= 0.3 is 0 Å². The average Bonchev–Trinajstić information content (AvgIpc) is 3.27. The summed E-state index contributed by atoms with van der Waals surface area (Å²) in [5, 5.41) is 11.9. The number of rotatable bonds is 6. The molecule has 0 fully saturated rings. The molecule has 0 saturated carbocycles. The lowest BCUT2D eigenvalue weighted by molar-refractivity contribution is -0.119. The molecule has 0 aliphatic heterocycles. The van der Waals surface area contributed by atoms with Gasteiger partial charge in [0.15, 0.2) is 11.0 Å². The Bertz CT molecular complexity index is 822. The van der Waals surface area contributed by atoms with Gasteiger partial charge in [0.05, 0.1) is 29.9 Å². The number of nitrogens with zero attached hydrogens (tertiary/aromatic N) is 3. The summed E-state index contributed by atoms with van der Waals surface area (Å²) in [5.41, 5.74) is 0.896. The molecule has 8 heteroatoms. The second kappa shape index (κ2) is 6.96. The first-order chi connectivity index (χ1) is 11.6. The number of thioether (sulfide) groups is 1. The molecule has 0 saturated heterocycles. The molecule has 3 heterocycles. The predicted molar refractivity (Wildman–Crippen MR) is 89.4 cm³/mol. The third kappa shape index (κ3) is 3.38. The summed E-state index contributed by atoms with van der Waals surface area (Å²) in [6.45, 7) is 3.75. The molecule has 3 aromatic rings. The van der Waals surface area contributed by atoms with Gasteiger partial charge in [-0.3, -0.25) is 4.79 Å². The van der Waals surface area contributed by atoms with Crippen LogP contribution < -0.4 is 5.32 Å². The molecule has 1 atom stereocenters. The van der Waals surface area contributed by atoms with Gasteiger partial charge in [-0.1, -0.05) is 11.8 Å². The van der Waals surface area contributed by atoms with Crippen molar-refractivity contribution in [2.75, 3.05) is 5.75 Å². The monoisotopic (exact) mass is 346 g/mol. The Hall–Kier alpha value is -2.48. The van der Waals surface area contributed by atoms with Crippen LogP contribution >= 0.6 is 11.8 Å². The number of carbonyl (C=O) groups is 1. The summed E-state index contributed by atoms with van der Waals surface area (Å²) in [7, 11) is 1.87. The van der Waals surface area contributed by atoms with Crippen molar-refractivity contribution in [3.8, 4) is 11.4 Å². The SMILES string of the molecule is Cc1occc1-c1nnc(SCC(=O)N[C@H](C)c2ccco2)n1C. The minimum absolute atomic E-state index is 0.0899. The zero-order valence-electron chi connectivity index (χ0n) is 13.6. The van der Waals surface area contributed by atoms with Crippen molar-refractivity contribution in [1.82, 2.24) is 20.1 Å². The number of aryl methyl sites for hydroxylation is 1. The fourth-order valence-electron chi connectivity index (χ4n) is 2.31. The summed E-state index contributed by atoms with van der Waals surface area (Å²) in [4.78, 5) is 12.1. The molecule has 126 valence electrons. The normalized spacial score (nSPS) is 12.3. The summed E-state index contributed by atoms with van der Waals surface area (Å²) < 4.78 is 12.4. The van der Waals surface area contributed by atoms with Crippen LogP contribution in [0.3, 0.4) is 0 Å². The molecule has 0 aliphatic carbocycles. The van der Waals surface area contributed by atoms with E-state index in [1.807, 2.05) is 37.6 Å². The van der Waals surface area contributed by atoms with Gasteiger partial charge in [-0.05, 0) is 32.0 Å². The van der Waals surface area contributed by atoms with E-state index in [4.69, 9.17) is 8.83 Å². The van der Waals surface area contributed by atoms with Crippen molar-refractivity contribution in [2.45, 2.75) is 25.0 Å². The van der Waals surface area contributed by atoms with E-state index in [-0.39, 0.29) is 17.7 Å². The Kier molecular flexibility index (Phi) is 4.75. The molecule has 7 nitrogen and oxygen atoms in total. The topological polar surface area (TPSA) is 86.1 Å². The minimum Gasteiger partial charge on any atom is -0.469 e. The van der Waals surface area contributed by atoms with Crippen molar-refractivity contribution in [2.24, 2.45) is 7.05 Å². The molecular weight excluding hydrogens is 328 g/mol. The van der Waals surface area contributed by atoms with E-state index in [0.29, 0.717) is 11.0 Å². The lowest BCUT2D eigenvalue weighted by Gasteiger charge is -2.11. The van der Waals surface area contributed by atoms with Crippen LogP contribution in [0.2, 0.25) is 0 Å². The number of nitrogens with one attached hydrogen (secondary N) is 1. The number of aromatic nitrogens is 3. The summed E-state index contributed by atoms with van der Waals surface area (Å²) in [6.07, 6.45) is 3.21. The Labute approximate surface area is 143 Å². The second-order valence-electron chi connectivity index (χ2n) is 5.35. The van der Waals surface area contributed by atoms with Crippen molar-refractivity contribution in [1.29, 1.82) is 0 Å². The highest BCUT2D eigenvalue weighted by atomic mass is 32.2. The number of hydrogen-bond donors (Lipinski definition) is 1. The van der Waals surface area contributed by atoms with Crippen LogP contribution in [0.15, 0.2) is 44.7 Å². The lowest BCUT2D eigenvalue weighted by atomic mass is 10.2. The minimum atomic E-state index is -0.170. The first-order valence-corrected chi connectivity index (χ1v) is 8.44. The quantitative estimate of drug-likeness (QED) is 0.691. The Morgan fingerprint density at radius 3 is 2.83 bits per heavy atom. The molecule has 0 radical (unpaired) electrons. The van der Waals surface area contributed by atoms with E-state index >= 15 is 0 Å². The highest BCUT2D eigenvalue weighted by Gasteiger charge is 2.17. The zero-order chi connectivity index (χ0) is 17.1. The van der Waals surface area contributed by atoms with Crippen LogP contribution in [0.5, 0.6) is 0 Å². The fraction of sp³-hybridized carbons (Fsp3) is 0.312. The smallest absolute Gasteiger partial charge is 0.231 e. The van der Waals surface area contributed by atoms with Crippen molar-refractivity contribution in [3.63, 3.8) is 0 Å². The Morgan fingerprint density at radius 2 is 2.17 bits per heavy atom. The van der Waals surface area contributed by atoms with E-state index in [1.165, 1.54) is 11.8 Å². The van der Waals surface area contributed by atoms with E-state index in [1.54, 1.807) is 18.6 Å². The highest BCUT2D eigenvalue weighted by molar-refractivity contribution is 7.99. The van der Waals surface area contributed by atoms with Gasteiger partial charge in [0.25, 0.3) is 0 Å². The van der Waals surface area contributed by atoms with Crippen LogP contribution in [-0.4, -0.2) is 26.4 Å². The molecule has 0 aliphatic rings. The van der Waals surface area contributed by atoms with Crippen LogP contribution in [0, 0.1) is 6.92 Å². The van der Waals surface area contributed by atoms with Gasteiger partial charge in [-0.2, -0.15) is 0 Å². The molecule has 24 heavy (non-hydrogen) atoms. The molecule has 3 aromatic heterocycles. The molecule has 1 N–H and O–H groups in total. The number of carbonyl (C=O) groups excluding carboxylic acids is 1. The molecule has 1 amide bonds. The van der Waals surface area contributed by atoms with E-state index in [0.717, 1.165) is 17.1 Å². The maximum atomic E-state index is 12.1. The van der Waals surface area contributed by atoms with Gasteiger partial charge < -0.3 is 18.7 Å². The lowest BCUT2D eigenvalue weighted by Crippen LogP contribution is -2.28. The largest absolute Gasteiger partial charge is 0.469 e. The van der Waals surface area contributed by atoms with Crippen molar-refractivity contribution < 1.29 is 13.6 Å². The number of amides is 1. The predicted octanol–water partition coefficient (Wildman–Crippen LogP) is 2.95. The summed E-state index contributed by atoms with van der Waals surface area (Å²) in [6, 6.07) is 5.31. The highest BCUT2D eigenvalue weighted by Crippen LogP contribution is 2.25. The van der Waals surface area contributed by atoms with Gasteiger partial charge in [0, 0.05) is 7.05 Å². The van der Waals surface area contributed by atoms with Crippen molar-refractivity contribution in [3.05, 3.63) is 42.2 Å². The summed E-state index contributed by atoms with van der Waals surface area (Å²) >= 11 is 1.33. The molecule has 0 bridgehead atoms. The Balaban J connectivity index is 1.60. The number of hydrogen-bond acceptors (Lipinski definition) is 6. The zero-order valence-corrected chi connectivity index (χ0v) is 14.5. The molecule has 3 rings (SSSR count). The maximum absolute atomic E-state index is 12.1. The third-order valence-corrected chi connectivity index (χ3v) is 4.63. The van der Waals surface area contributed by atoms with Gasteiger partial charge in [-0.25, -0.2) is 0 Å². The van der Waals surface area contributed by atoms with Crippen LogP contribution in [0.4, 0.5) is 0 Å².